The molecule has 3 rings (SSSR count). The molecule has 2 heterocycles. The number of anilines is 1. The van der Waals surface area contributed by atoms with Crippen LogP contribution >= 0.6 is 11.3 Å². The van der Waals surface area contributed by atoms with Gasteiger partial charge in [-0.25, -0.2) is 0 Å². The van der Waals surface area contributed by atoms with Gasteiger partial charge in [-0.15, -0.1) is 11.3 Å². The molecule has 5 heteroatoms. The van der Waals surface area contributed by atoms with E-state index in [4.69, 9.17) is 0 Å². The second kappa shape index (κ2) is 5.93. The molecule has 2 N–H and O–H groups in total. The summed E-state index contributed by atoms with van der Waals surface area (Å²) in [5.41, 5.74) is 3.23. The average Bonchev–Trinajstić information content (AvgIpc) is 3.18. The molecule has 0 aliphatic carbocycles. The smallest absolute Gasteiger partial charge is 0.276 e. The third-order valence-corrected chi connectivity index (χ3v) is 4.09. The van der Waals surface area contributed by atoms with Crippen molar-refractivity contribution in [3.8, 4) is 10.6 Å². The number of hydrogen-bond donors (Lipinski definition) is 2. The summed E-state index contributed by atoms with van der Waals surface area (Å²) in [7, 11) is 0. The number of carbonyl (C=O) groups excluding carboxylic acids is 1. The Bertz CT molecular complexity index is 746. The highest BCUT2D eigenvalue weighted by molar-refractivity contribution is 7.13. The van der Waals surface area contributed by atoms with Crippen molar-refractivity contribution < 1.29 is 4.79 Å². The zero-order chi connectivity index (χ0) is 14.7. The van der Waals surface area contributed by atoms with Crippen molar-refractivity contribution in [2.24, 2.45) is 0 Å². The van der Waals surface area contributed by atoms with Gasteiger partial charge in [-0.3, -0.25) is 9.89 Å². The number of aromatic nitrogens is 2. The maximum atomic E-state index is 12.2. The van der Waals surface area contributed by atoms with E-state index in [1.807, 2.05) is 41.8 Å². The van der Waals surface area contributed by atoms with Crippen molar-refractivity contribution >= 4 is 22.9 Å². The van der Waals surface area contributed by atoms with Crippen LogP contribution in [-0.2, 0) is 6.42 Å². The van der Waals surface area contributed by atoms with E-state index in [9.17, 15) is 4.79 Å². The van der Waals surface area contributed by atoms with Crippen molar-refractivity contribution in [1.29, 1.82) is 0 Å². The van der Waals surface area contributed by atoms with Crippen LogP contribution in [-0.4, -0.2) is 16.1 Å². The molecule has 0 atom stereocenters. The number of nitrogens with zero attached hydrogens (tertiary/aromatic N) is 1. The first-order chi connectivity index (χ1) is 10.3. The van der Waals surface area contributed by atoms with Crippen LogP contribution in [0.3, 0.4) is 0 Å². The standard InChI is InChI=1S/C16H15N3OS/c1-2-11-5-3-6-12(9-11)17-16(20)14-10-13(18-19-14)15-7-4-8-21-15/h3-10H,2H2,1H3,(H,17,20)(H,18,19). The molecular weight excluding hydrogens is 282 g/mol. The van der Waals surface area contributed by atoms with E-state index in [1.165, 1.54) is 5.56 Å². The van der Waals surface area contributed by atoms with Crippen LogP contribution in [0.1, 0.15) is 23.0 Å². The molecule has 0 aliphatic rings. The molecule has 4 nitrogen and oxygen atoms in total. The summed E-state index contributed by atoms with van der Waals surface area (Å²) in [6, 6.07) is 13.6. The van der Waals surface area contributed by atoms with Crippen LogP contribution in [0.15, 0.2) is 47.8 Å². The van der Waals surface area contributed by atoms with Gasteiger partial charge in [0, 0.05) is 5.69 Å². The molecule has 2 aromatic heterocycles. The summed E-state index contributed by atoms with van der Waals surface area (Å²) in [5.74, 6) is -0.206. The van der Waals surface area contributed by atoms with Gasteiger partial charge < -0.3 is 5.32 Å². The van der Waals surface area contributed by atoms with Gasteiger partial charge in [-0.1, -0.05) is 25.1 Å². The van der Waals surface area contributed by atoms with Gasteiger partial charge in [0.1, 0.15) is 0 Å². The first-order valence-electron chi connectivity index (χ1n) is 6.76. The number of nitrogens with one attached hydrogen (secondary N) is 2. The molecule has 0 radical (unpaired) electrons. The lowest BCUT2D eigenvalue weighted by molar-refractivity contribution is 0.102. The lowest BCUT2D eigenvalue weighted by Crippen LogP contribution is -2.12. The molecule has 0 saturated carbocycles. The van der Waals surface area contributed by atoms with Gasteiger partial charge in [0.05, 0.1) is 10.6 Å². The van der Waals surface area contributed by atoms with E-state index in [0.717, 1.165) is 22.7 Å². The average molecular weight is 297 g/mol. The lowest BCUT2D eigenvalue weighted by atomic mass is 10.1. The van der Waals surface area contributed by atoms with Gasteiger partial charge in [-0.2, -0.15) is 5.10 Å². The minimum Gasteiger partial charge on any atom is -0.321 e. The van der Waals surface area contributed by atoms with E-state index in [1.54, 1.807) is 17.4 Å². The molecule has 0 unspecified atom stereocenters. The van der Waals surface area contributed by atoms with E-state index in [2.05, 4.69) is 22.4 Å². The number of thiophene rings is 1. The number of rotatable bonds is 4. The summed E-state index contributed by atoms with van der Waals surface area (Å²) in [4.78, 5) is 13.3. The monoisotopic (exact) mass is 297 g/mol. The minimum absolute atomic E-state index is 0.206. The summed E-state index contributed by atoms with van der Waals surface area (Å²) < 4.78 is 0. The first-order valence-corrected chi connectivity index (χ1v) is 7.64. The Morgan fingerprint density at radius 2 is 2.19 bits per heavy atom. The Labute approximate surface area is 126 Å². The number of aromatic amines is 1. The molecular formula is C16H15N3OS. The molecule has 0 fully saturated rings. The summed E-state index contributed by atoms with van der Waals surface area (Å²) in [6.45, 7) is 2.09. The zero-order valence-electron chi connectivity index (χ0n) is 11.6. The van der Waals surface area contributed by atoms with E-state index in [-0.39, 0.29) is 5.91 Å². The second-order valence-corrected chi connectivity index (χ2v) is 5.60. The number of benzene rings is 1. The highest BCUT2D eigenvalue weighted by atomic mass is 32.1. The van der Waals surface area contributed by atoms with E-state index < -0.39 is 0 Å². The predicted molar refractivity (Wildman–Crippen MR) is 85.7 cm³/mol. The summed E-state index contributed by atoms with van der Waals surface area (Å²) in [6.07, 6.45) is 0.939. The third-order valence-electron chi connectivity index (χ3n) is 3.19. The Balaban J connectivity index is 1.76. The Hall–Kier alpha value is -2.40. The quantitative estimate of drug-likeness (QED) is 0.766. The molecule has 1 amide bonds. The van der Waals surface area contributed by atoms with Crippen molar-refractivity contribution in [2.75, 3.05) is 5.32 Å². The van der Waals surface area contributed by atoms with Crippen LogP contribution in [0.2, 0.25) is 0 Å². The molecule has 0 aliphatic heterocycles. The molecule has 3 aromatic rings. The molecule has 0 bridgehead atoms. The lowest BCUT2D eigenvalue weighted by Gasteiger charge is -2.04. The molecule has 0 spiro atoms. The predicted octanol–water partition coefficient (Wildman–Crippen LogP) is 3.95. The summed E-state index contributed by atoms with van der Waals surface area (Å²) >= 11 is 1.61. The molecule has 21 heavy (non-hydrogen) atoms. The molecule has 106 valence electrons. The van der Waals surface area contributed by atoms with Crippen LogP contribution in [0.4, 0.5) is 5.69 Å². The number of hydrogen-bond acceptors (Lipinski definition) is 3. The number of H-pyrrole nitrogens is 1. The Morgan fingerprint density at radius 1 is 1.29 bits per heavy atom. The fourth-order valence-electron chi connectivity index (χ4n) is 2.06. The van der Waals surface area contributed by atoms with Crippen molar-refractivity contribution in [3.05, 3.63) is 59.1 Å². The topological polar surface area (TPSA) is 57.8 Å². The molecule has 0 saturated heterocycles. The highest BCUT2D eigenvalue weighted by Gasteiger charge is 2.12. The Morgan fingerprint density at radius 3 is 2.95 bits per heavy atom. The number of carbonyl (C=O) groups is 1. The highest BCUT2D eigenvalue weighted by Crippen LogP contribution is 2.23. The minimum atomic E-state index is -0.206. The van der Waals surface area contributed by atoms with E-state index in [0.29, 0.717) is 5.69 Å². The number of aryl methyl sites for hydroxylation is 1. The van der Waals surface area contributed by atoms with Crippen molar-refractivity contribution in [3.63, 3.8) is 0 Å². The fraction of sp³-hybridized carbons (Fsp3) is 0.125. The third kappa shape index (κ3) is 3.03. The van der Waals surface area contributed by atoms with Crippen LogP contribution < -0.4 is 5.32 Å². The van der Waals surface area contributed by atoms with Crippen molar-refractivity contribution in [1.82, 2.24) is 10.2 Å². The largest absolute Gasteiger partial charge is 0.321 e. The number of amides is 1. The normalized spacial score (nSPS) is 10.5. The van der Waals surface area contributed by atoms with Crippen LogP contribution in [0.25, 0.3) is 10.6 Å². The summed E-state index contributed by atoms with van der Waals surface area (Å²) in [5, 5.41) is 11.8. The Kier molecular flexibility index (Phi) is 3.83. The molecule has 1 aromatic carbocycles. The van der Waals surface area contributed by atoms with E-state index >= 15 is 0 Å². The SMILES string of the molecule is CCc1cccc(NC(=O)c2cc(-c3cccs3)[nH]n2)c1. The first kappa shape index (κ1) is 13.6. The van der Waals surface area contributed by atoms with Crippen LogP contribution in [0, 0.1) is 0 Å². The van der Waals surface area contributed by atoms with Crippen molar-refractivity contribution in [2.45, 2.75) is 13.3 Å². The zero-order valence-corrected chi connectivity index (χ0v) is 12.4. The maximum Gasteiger partial charge on any atom is 0.276 e. The van der Waals surface area contributed by atoms with Gasteiger partial charge in [0.25, 0.3) is 5.91 Å². The fourth-order valence-corrected chi connectivity index (χ4v) is 2.75. The van der Waals surface area contributed by atoms with Gasteiger partial charge in [0.2, 0.25) is 0 Å². The second-order valence-electron chi connectivity index (χ2n) is 4.65. The van der Waals surface area contributed by atoms with Gasteiger partial charge in [-0.05, 0) is 41.6 Å². The van der Waals surface area contributed by atoms with Crippen LogP contribution in [0.5, 0.6) is 0 Å². The van der Waals surface area contributed by atoms with Gasteiger partial charge >= 0.3 is 0 Å². The van der Waals surface area contributed by atoms with Gasteiger partial charge in [0.15, 0.2) is 5.69 Å². The maximum absolute atomic E-state index is 12.2.